The Labute approximate surface area is 164 Å². The molecule has 27 heavy (non-hydrogen) atoms. The van der Waals surface area contributed by atoms with Crippen molar-refractivity contribution in [1.82, 2.24) is 10.0 Å². The molecule has 150 valence electrons. The number of rotatable bonds is 8. The van der Waals surface area contributed by atoms with Crippen LogP contribution in [0.15, 0.2) is 23.1 Å². The number of carbonyl (C=O) groups is 1. The molecule has 1 amide bonds. The average molecular weight is 417 g/mol. The van der Waals surface area contributed by atoms with Gasteiger partial charge in [0.25, 0.3) is 5.91 Å². The second kappa shape index (κ2) is 9.23. The second-order valence-electron chi connectivity index (χ2n) is 6.92. The molecule has 1 aromatic carbocycles. The van der Waals surface area contributed by atoms with Crippen LogP contribution in [-0.4, -0.2) is 46.2 Å². The van der Waals surface area contributed by atoms with E-state index in [1.54, 1.807) is 0 Å². The minimum atomic E-state index is -3.84. The molecule has 2 fully saturated rings. The van der Waals surface area contributed by atoms with Gasteiger partial charge in [-0.05, 0) is 43.9 Å². The van der Waals surface area contributed by atoms with Crippen molar-refractivity contribution >= 4 is 27.5 Å². The van der Waals surface area contributed by atoms with Crippen LogP contribution in [0.25, 0.3) is 0 Å². The Balaban J connectivity index is 1.63. The maximum absolute atomic E-state index is 12.7. The van der Waals surface area contributed by atoms with Gasteiger partial charge in [0.2, 0.25) is 10.0 Å². The Morgan fingerprint density at radius 1 is 1.22 bits per heavy atom. The van der Waals surface area contributed by atoms with Crippen molar-refractivity contribution in [2.45, 2.75) is 55.6 Å². The molecule has 1 unspecified atom stereocenters. The molecule has 2 aliphatic rings. The number of hydrogen-bond acceptors (Lipinski definition) is 5. The van der Waals surface area contributed by atoms with Gasteiger partial charge in [-0.1, -0.05) is 24.4 Å². The van der Waals surface area contributed by atoms with E-state index in [9.17, 15) is 13.2 Å². The maximum atomic E-state index is 12.7. The molecule has 1 atom stereocenters. The number of hydrogen-bond donors (Lipinski definition) is 2. The van der Waals surface area contributed by atoms with Crippen molar-refractivity contribution in [2.75, 3.05) is 19.8 Å². The van der Waals surface area contributed by atoms with Gasteiger partial charge in [-0.3, -0.25) is 4.79 Å². The summed E-state index contributed by atoms with van der Waals surface area (Å²) in [6, 6.07) is 4.50. The highest BCUT2D eigenvalue weighted by Gasteiger charge is 2.24. The van der Waals surface area contributed by atoms with Crippen LogP contribution in [0.4, 0.5) is 0 Å². The third kappa shape index (κ3) is 5.81. The van der Waals surface area contributed by atoms with Crippen LogP contribution in [0, 0.1) is 0 Å². The number of carbonyl (C=O) groups excluding carboxylic acids is 1. The molecule has 1 saturated carbocycles. The lowest BCUT2D eigenvalue weighted by Gasteiger charge is -2.16. The van der Waals surface area contributed by atoms with E-state index in [2.05, 4.69) is 10.0 Å². The van der Waals surface area contributed by atoms with Crippen LogP contribution in [0.1, 0.15) is 38.5 Å². The number of nitrogens with one attached hydrogen (secondary N) is 2. The Kier molecular flexibility index (Phi) is 6.97. The minimum Gasteiger partial charge on any atom is -0.482 e. The van der Waals surface area contributed by atoms with Crippen molar-refractivity contribution in [3.05, 3.63) is 23.2 Å². The molecule has 1 saturated heterocycles. The fourth-order valence-electron chi connectivity index (χ4n) is 3.38. The van der Waals surface area contributed by atoms with Gasteiger partial charge in [-0.15, -0.1) is 0 Å². The van der Waals surface area contributed by atoms with E-state index in [0.29, 0.717) is 6.61 Å². The second-order valence-corrected chi connectivity index (χ2v) is 9.09. The largest absolute Gasteiger partial charge is 0.482 e. The van der Waals surface area contributed by atoms with E-state index in [1.807, 2.05) is 0 Å². The highest BCUT2D eigenvalue weighted by atomic mass is 35.5. The van der Waals surface area contributed by atoms with E-state index < -0.39 is 10.0 Å². The topological polar surface area (TPSA) is 93.7 Å². The standard InChI is InChI=1S/C18H25ClN2O5S/c19-13-7-8-16(26-12-18(22)21-14-4-1-2-5-14)17(10-13)27(23,24)20-11-15-6-3-9-25-15/h7-8,10,14-15,20H,1-6,9,11-12H2,(H,21,22). The molecule has 9 heteroatoms. The molecule has 1 aliphatic carbocycles. The molecule has 7 nitrogen and oxygen atoms in total. The van der Waals surface area contributed by atoms with Crippen LogP contribution >= 0.6 is 11.6 Å². The molecule has 0 radical (unpaired) electrons. The Bertz CT molecular complexity index is 759. The highest BCUT2D eigenvalue weighted by molar-refractivity contribution is 7.89. The number of halogens is 1. The monoisotopic (exact) mass is 416 g/mol. The summed E-state index contributed by atoms with van der Waals surface area (Å²) in [6.45, 7) is 0.594. The molecule has 1 aliphatic heterocycles. The van der Waals surface area contributed by atoms with Gasteiger partial charge >= 0.3 is 0 Å². The summed E-state index contributed by atoms with van der Waals surface area (Å²) in [5.74, 6) is -0.159. The normalized spacial score (nSPS) is 20.7. The fraction of sp³-hybridized carbons (Fsp3) is 0.611. The van der Waals surface area contributed by atoms with Crippen LogP contribution in [-0.2, 0) is 19.6 Å². The molecule has 0 bridgehead atoms. The summed E-state index contributed by atoms with van der Waals surface area (Å²) in [5.41, 5.74) is 0. The summed E-state index contributed by atoms with van der Waals surface area (Å²) >= 11 is 5.97. The first-order valence-corrected chi connectivity index (χ1v) is 11.1. The molecule has 1 aromatic rings. The Morgan fingerprint density at radius 2 is 2.00 bits per heavy atom. The lowest BCUT2D eigenvalue weighted by molar-refractivity contribution is -0.123. The van der Waals surface area contributed by atoms with Crippen LogP contribution < -0.4 is 14.8 Å². The molecule has 0 spiro atoms. The number of ether oxygens (including phenoxy) is 2. The van der Waals surface area contributed by atoms with E-state index >= 15 is 0 Å². The first-order chi connectivity index (χ1) is 12.9. The summed E-state index contributed by atoms with van der Waals surface area (Å²) in [5, 5.41) is 3.18. The molecule has 1 heterocycles. The van der Waals surface area contributed by atoms with Gasteiger partial charge in [0.1, 0.15) is 10.6 Å². The molecular formula is C18H25ClN2O5S. The number of sulfonamides is 1. The average Bonchev–Trinajstić information content (AvgIpc) is 3.33. The van der Waals surface area contributed by atoms with Crippen molar-refractivity contribution in [3.63, 3.8) is 0 Å². The first-order valence-electron chi connectivity index (χ1n) is 9.27. The van der Waals surface area contributed by atoms with Crippen LogP contribution in [0.3, 0.4) is 0 Å². The number of benzene rings is 1. The van der Waals surface area contributed by atoms with E-state index in [0.717, 1.165) is 38.5 Å². The molecule has 0 aromatic heterocycles. The van der Waals surface area contributed by atoms with Gasteiger partial charge in [-0.2, -0.15) is 0 Å². The van der Waals surface area contributed by atoms with Gasteiger partial charge in [0.05, 0.1) is 6.10 Å². The third-order valence-electron chi connectivity index (χ3n) is 4.80. The Hall–Kier alpha value is -1.35. The van der Waals surface area contributed by atoms with Gasteiger partial charge in [0.15, 0.2) is 6.61 Å². The van der Waals surface area contributed by atoms with Crippen molar-refractivity contribution in [1.29, 1.82) is 0 Å². The molecule has 3 rings (SSSR count). The lowest BCUT2D eigenvalue weighted by Crippen LogP contribution is -2.36. The van der Waals surface area contributed by atoms with E-state index in [-0.39, 0.29) is 46.9 Å². The fourth-order valence-corrected chi connectivity index (χ4v) is 4.85. The zero-order valence-electron chi connectivity index (χ0n) is 15.1. The van der Waals surface area contributed by atoms with Crippen molar-refractivity contribution in [3.8, 4) is 5.75 Å². The number of amides is 1. The zero-order valence-corrected chi connectivity index (χ0v) is 16.7. The minimum absolute atomic E-state index is 0.0818. The first kappa shape index (κ1) is 20.4. The smallest absolute Gasteiger partial charge is 0.258 e. The Morgan fingerprint density at radius 3 is 2.70 bits per heavy atom. The van der Waals surface area contributed by atoms with Gasteiger partial charge in [-0.25, -0.2) is 13.1 Å². The van der Waals surface area contributed by atoms with Crippen molar-refractivity contribution in [2.24, 2.45) is 0 Å². The SMILES string of the molecule is O=C(COc1ccc(Cl)cc1S(=O)(=O)NCC1CCCO1)NC1CCCC1. The summed E-state index contributed by atoms with van der Waals surface area (Å²) in [4.78, 5) is 12.0. The van der Waals surface area contributed by atoms with Crippen LogP contribution in [0.5, 0.6) is 5.75 Å². The highest BCUT2D eigenvalue weighted by Crippen LogP contribution is 2.27. The van der Waals surface area contributed by atoms with Gasteiger partial charge in [0, 0.05) is 24.2 Å². The third-order valence-corrected chi connectivity index (χ3v) is 6.48. The van der Waals surface area contributed by atoms with E-state index in [1.165, 1.54) is 18.2 Å². The van der Waals surface area contributed by atoms with E-state index in [4.69, 9.17) is 21.1 Å². The van der Waals surface area contributed by atoms with Gasteiger partial charge < -0.3 is 14.8 Å². The zero-order chi connectivity index (χ0) is 19.3. The van der Waals surface area contributed by atoms with Crippen LogP contribution in [0.2, 0.25) is 5.02 Å². The summed E-state index contributed by atoms with van der Waals surface area (Å²) < 4.78 is 38.8. The predicted molar refractivity (Wildman–Crippen MR) is 102 cm³/mol. The maximum Gasteiger partial charge on any atom is 0.258 e. The summed E-state index contributed by atoms with van der Waals surface area (Å²) in [7, 11) is -3.84. The molecule has 2 N–H and O–H groups in total. The lowest BCUT2D eigenvalue weighted by atomic mass is 10.2. The predicted octanol–water partition coefficient (Wildman–Crippen LogP) is 2.23. The van der Waals surface area contributed by atoms with Crippen molar-refractivity contribution < 1.29 is 22.7 Å². The summed E-state index contributed by atoms with van der Waals surface area (Å²) in [6.07, 6.45) is 5.79. The quantitative estimate of drug-likeness (QED) is 0.677. The molecular weight excluding hydrogens is 392 g/mol.